The number of carbonyl (C=O) groups is 1. The van der Waals surface area contributed by atoms with Crippen LogP contribution in [0.15, 0.2) is 47.0 Å². The molecule has 0 saturated heterocycles. The third-order valence-corrected chi connectivity index (χ3v) is 3.86. The fourth-order valence-electron chi connectivity index (χ4n) is 2.56. The van der Waals surface area contributed by atoms with Gasteiger partial charge in [0.2, 0.25) is 0 Å². The zero-order valence-corrected chi connectivity index (χ0v) is 14.2. The molecule has 26 heavy (non-hydrogen) atoms. The summed E-state index contributed by atoms with van der Waals surface area (Å²) >= 11 is 0. The minimum absolute atomic E-state index is 0.00483. The number of nitrogens with one attached hydrogen (secondary N) is 1. The van der Waals surface area contributed by atoms with Gasteiger partial charge >= 0.3 is 0 Å². The van der Waals surface area contributed by atoms with E-state index in [1.165, 1.54) is 6.07 Å². The summed E-state index contributed by atoms with van der Waals surface area (Å²) in [6.07, 6.45) is 0. The van der Waals surface area contributed by atoms with Gasteiger partial charge in [-0.2, -0.15) is 0 Å². The Morgan fingerprint density at radius 3 is 2.77 bits per heavy atom. The Kier molecular flexibility index (Phi) is 4.97. The second kappa shape index (κ2) is 7.35. The second-order valence-electron chi connectivity index (χ2n) is 5.62. The van der Waals surface area contributed by atoms with E-state index in [2.05, 4.69) is 10.5 Å². The highest BCUT2D eigenvalue weighted by molar-refractivity contribution is 6.00. The zero-order chi connectivity index (χ0) is 18.7. The summed E-state index contributed by atoms with van der Waals surface area (Å²) in [6, 6.07) is 10.3. The highest BCUT2D eigenvalue weighted by atomic mass is 19.1. The van der Waals surface area contributed by atoms with Crippen molar-refractivity contribution in [3.63, 3.8) is 0 Å². The molecule has 7 heteroatoms. The number of aryl methyl sites for hydroxylation is 1. The number of halogens is 2. The molecule has 1 heterocycles. The molecule has 0 fully saturated rings. The molecular formula is C19H16F2N2O3. The lowest BCUT2D eigenvalue weighted by atomic mass is 10.0. The normalized spacial score (nSPS) is 10.6. The number of nitrogens with zero attached hydrogens (tertiary/aromatic N) is 1. The number of rotatable bonds is 5. The first-order chi connectivity index (χ1) is 12.5. The van der Waals surface area contributed by atoms with E-state index in [0.29, 0.717) is 5.75 Å². The number of methoxy groups -OCH3 is 1. The molecule has 0 saturated carbocycles. The Labute approximate surface area is 148 Å². The monoisotopic (exact) mass is 358 g/mol. The largest absolute Gasteiger partial charge is 0.497 e. The number of hydrogen-bond acceptors (Lipinski definition) is 4. The van der Waals surface area contributed by atoms with Crippen LogP contribution in [0.4, 0.5) is 8.78 Å². The van der Waals surface area contributed by atoms with Gasteiger partial charge in [0.25, 0.3) is 5.91 Å². The fourth-order valence-corrected chi connectivity index (χ4v) is 2.56. The molecule has 2 aromatic carbocycles. The highest BCUT2D eigenvalue weighted by Crippen LogP contribution is 2.28. The Bertz CT molecular complexity index is 954. The first kappa shape index (κ1) is 17.6. The molecule has 0 bridgehead atoms. The molecule has 0 unspecified atom stereocenters. The van der Waals surface area contributed by atoms with Crippen LogP contribution in [0.2, 0.25) is 0 Å². The van der Waals surface area contributed by atoms with Crippen molar-refractivity contribution in [2.45, 2.75) is 13.5 Å². The molecule has 0 aliphatic heterocycles. The lowest BCUT2D eigenvalue weighted by molar-refractivity contribution is 0.0950. The van der Waals surface area contributed by atoms with E-state index in [-0.39, 0.29) is 29.1 Å². The summed E-state index contributed by atoms with van der Waals surface area (Å²) in [5.74, 6) is -1.08. The van der Waals surface area contributed by atoms with Crippen LogP contribution in [0.1, 0.15) is 21.7 Å². The summed E-state index contributed by atoms with van der Waals surface area (Å²) in [4.78, 5) is 12.6. The quantitative estimate of drug-likeness (QED) is 0.752. The first-order valence-electron chi connectivity index (χ1n) is 7.82. The topological polar surface area (TPSA) is 64.4 Å². The Balaban J connectivity index is 1.84. The van der Waals surface area contributed by atoms with Crippen LogP contribution in [0.25, 0.3) is 11.3 Å². The molecule has 0 radical (unpaired) electrons. The molecule has 0 aliphatic carbocycles. The summed E-state index contributed by atoms with van der Waals surface area (Å²) < 4.78 is 37.4. The average molecular weight is 358 g/mol. The van der Waals surface area contributed by atoms with Crippen molar-refractivity contribution in [1.82, 2.24) is 10.5 Å². The van der Waals surface area contributed by atoms with E-state index in [1.54, 1.807) is 26.2 Å². The predicted octanol–water partition coefficient (Wildman–Crippen LogP) is 3.87. The van der Waals surface area contributed by atoms with E-state index >= 15 is 0 Å². The van der Waals surface area contributed by atoms with Gasteiger partial charge in [-0.3, -0.25) is 4.79 Å². The standard InChI is InChI=1S/C19H16F2N2O3/c1-11-17(18(23-26-11)15-7-6-13(20)9-16(15)21)19(24)22-10-12-4-3-5-14(8-12)25-2/h3-9H,10H2,1-2H3,(H,22,24). The van der Waals surface area contributed by atoms with Gasteiger partial charge in [-0.1, -0.05) is 17.3 Å². The van der Waals surface area contributed by atoms with Crippen LogP contribution in [0.5, 0.6) is 5.75 Å². The Hall–Kier alpha value is -3.22. The molecule has 0 atom stereocenters. The number of amides is 1. The van der Waals surface area contributed by atoms with E-state index < -0.39 is 17.5 Å². The number of carbonyl (C=O) groups excluding carboxylic acids is 1. The molecule has 0 aliphatic rings. The van der Waals surface area contributed by atoms with Crippen molar-refractivity contribution in [2.24, 2.45) is 0 Å². The maximum atomic E-state index is 14.1. The lowest BCUT2D eigenvalue weighted by Gasteiger charge is -2.08. The van der Waals surface area contributed by atoms with Gasteiger partial charge in [0.1, 0.15) is 34.4 Å². The van der Waals surface area contributed by atoms with Gasteiger partial charge in [0, 0.05) is 18.2 Å². The smallest absolute Gasteiger partial charge is 0.257 e. The molecule has 3 aromatic rings. The van der Waals surface area contributed by atoms with Crippen molar-refractivity contribution in [2.75, 3.05) is 7.11 Å². The first-order valence-corrected chi connectivity index (χ1v) is 7.82. The van der Waals surface area contributed by atoms with Crippen LogP contribution in [0.3, 0.4) is 0 Å². The number of ether oxygens (including phenoxy) is 1. The Morgan fingerprint density at radius 1 is 1.23 bits per heavy atom. The minimum Gasteiger partial charge on any atom is -0.497 e. The molecule has 1 amide bonds. The summed E-state index contributed by atoms with van der Waals surface area (Å²) in [5, 5.41) is 6.51. The van der Waals surface area contributed by atoms with Crippen molar-refractivity contribution in [3.05, 3.63) is 71.0 Å². The van der Waals surface area contributed by atoms with Gasteiger partial charge in [0.15, 0.2) is 0 Å². The van der Waals surface area contributed by atoms with Crippen molar-refractivity contribution < 1.29 is 22.8 Å². The van der Waals surface area contributed by atoms with Gasteiger partial charge in [-0.15, -0.1) is 0 Å². The molecule has 1 N–H and O–H groups in total. The van der Waals surface area contributed by atoms with Gasteiger partial charge < -0.3 is 14.6 Å². The Morgan fingerprint density at radius 2 is 2.04 bits per heavy atom. The van der Waals surface area contributed by atoms with Crippen LogP contribution < -0.4 is 10.1 Å². The fraction of sp³-hybridized carbons (Fsp3) is 0.158. The predicted molar refractivity (Wildman–Crippen MR) is 90.8 cm³/mol. The molecule has 1 aromatic heterocycles. The maximum Gasteiger partial charge on any atom is 0.257 e. The van der Waals surface area contributed by atoms with Crippen LogP contribution in [-0.4, -0.2) is 18.2 Å². The van der Waals surface area contributed by atoms with Crippen molar-refractivity contribution in [3.8, 4) is 17.0 Å². The number of aromatic nitrogens is 1. The van der Waals surface area contributed by atoms with E-state index in [1.807, 2.05) is 12.1 Å². The zero-order valence-electron chi connectivity index (χ0n) is 14.2. The van der Waals surface area contributed by atoms with E-state index in [9.17, 15) is 13.6 Å². The van der Waals surface area contributed by atoms with Crippen LogP contribution in [0, 0.1) is 18.6 Å². The third kappa shape index (κ3) is 3.56. The SMILES string of the molecule is COc1cccc(CNC(=O)c2c(-c3ccc(F)cc3F)noc2C)c1. The summed E-state index contributed by atoms with van der Waals surface area (Å²) in [5.41, 5.74) is 0.970. The summed E-state index contributed by atoms with van der Waals surface area (Å²) in [6.45, 7) is 1.80. The molecule has 5 nitrogen and oxygen atoms in total. The molecule has 0 spiro atoms. The average Bonchev–Trinajstić information content (AvgIpc) is 3.01. The van der Waals surface area contributed by atoms with Crippen molar-refractivity contribution >= 4 is 5.91 Å². The van der Waals surface area contributed by atoms with Crippen LogP contribution in [-0.2, 0) is 6.54 Å². The van der Waals surface area contributed by atoms with Gasteiger partial charge in [-0.05, 0) is 36.8 Å². The molecule has 3 rings (SSSR count). The van der Waals surface area contributed by atoms with Gasteiger partial charge in [0.05, 0.1) is 7.11 Å². The second-order valence-corrected chi connectivity index (χ2v) is 5.62. The number of hydrogen-bond donors (Lipinski definition) is 1. The molecule has 134 valence electrons. The molecular weight excluding hydrogens is 342 g/mol. The van der Waals surface area contributed by atoms with Crippen molar-refractivity contribution in [1.29, 1.82) is 0 Å². The third-order valence-electron chi connectivity index (χ3n) is 3.86. The minimum atomic E-state index is -0.819. The van der Waals surface area contributed by atoms with Crippen LogP contribution >= 0.6 is 0 Å². The summed E-state index contributed by atoms with van der Waals surface area (Å²) in [7, 11) is 1.56. The van der Waals surface area contributed by atoms with E-state index in [4.69, 9.17) is 9.26 Å². The van der Waals surface area contributed by atoms with Gasteiger partial charge in [-0.25, -0.2) is 8.78 Å². The highest BCUT2D eigenvalue weighted by Gasteiger charge is 2.23. The maximum absolute atomic E-state index is 14.1. The number of benzene rings is 2. The van der Waals surface area contributed by atoms with E-state index in [0.717, 1.165) is 17.7 Å². The lowest BCUT2D eigenvalue weighted by Crippen LogP contribution is -2.23.